The lowest BCUT2D eigenvalue weighted by atomic mass is 9.71. The lowest BCUT2D eigenvalue weighted by molar-refractivity contribution is 0.259. The summed E-state index contributed by atoms with van der Waals surface area (Å²) in [6.07, 6.45) is 5.56. The predicted molar refractivity (Wildman–Crippen MR) is 70.1 cm³/mol. The van der Waals surface area contributed by atoms with E-state index in [2.05, 4.69) is 24.1 Å². The molecule has 0 radical (unpaired) electrons. The van der Waals surface area contributed by atoms with Gasteiger partial charge in [0.05, 0.1) is 0 Å². The molecule has 2 aliphatic carbocycles. The van der Waals surface area contributed by atoms with Gasteiger partial charge in [-0.2, -0.15) is 0 Å². The third-order valence-electron chi connectivity index (χ3n) is 5.06. The van der Waals surface area contributed by atoms with E-state index in [4.69, 9.17) is 5.73 Å². The van der Waals surface area contributed by atoms with Crippen LogP contribution in [0.2, 0.25) is 0 Å². The smallest absolute Gasteiger partial charge is 0.0320 e. The first kappa shape index (κ1) is 9.95. The van der Waals surface area contributed by atoms with Gasteiger partial charge in [0.15, 0.2) is 0 Å². The molecule has 2 nitrogen and oxygen atoms in total. The van der Waals surface area contributed by atoms with Gasteiger partial charge in [-0.1, -0.05) is 0 Å². The molecular formula is C15H20N2. The molecule has 90 valence electrons. The van der Waals surface area contributed by atoms with Crippen molar-refractivity contribution in [1.82, 2.24) is 4.90 Å². The SMILES string of the molecule is CN1Cc2cc(N)cc3c2[C@@H](CCC32CC2)C1. The number of rotatable bonds is 0. The highest BCUT2D eigenvalue weighted by molar-refractivity contribution is 5.57. The molecule has 1 aliphatic heterocycles. The van der Waals surface area contributed by atoms with Crippen molar-refractivity contribution in [1.29, 1.82) is 0 Å². The summed E-state index contributed by atoms with van der Waals surface area (Å²) in [5.74, 6) is 0.769. The van der Waals surface area contributed by atoms with Crippen molar-refractivity contribution in [2.75, 3.05) is 19.3 Å². The van der Waals surface area contributed by atoms with E-state index in [0.29, 0.717) is 5.41 Å². The molecule has 0 unspecified atom stereocenters. The van der Waals surface area contributed by atoms with Crippen LogP contribution in [0.5, 0.6) is 0 Å². The van der Waals surface area contributed by atoms with Crippen LogP contribution in [0.1, 0.15) is 48.3 Å². The predicted octanol–water partition coefficient (Wildman–Crippen LogP) is 2.62. The maximum absolute atomic E-state index is 6.10. The monoisotopic (exact) mass is 228 g/mol. The summed E-state index contributed by atoms with van der Waals surface area (Å²) in [7, 11) is 2.23. The van der Waals surface area contributed by atoms with E-state index < -0.39 is 0 Å². The number of nitrogens with two attached hydrogens (primary N) is 1. The number of likely N-dealkylation sites (N-methyl/N-ethyl adjacent to an activating group) is 1. The summed E-state index contributed by atoms with van der Waals surface area (Å²) >= 11 is 0. The normalized spacial score (nSPS) is 29.1. The van der Waals surface area contributed by atoms with Gasteiger partial charge < -0.3 is 10.6 Å². The van der Waals surface area contributed by atoms with Gasteiger partial charge in [-0.05, 0) is 72.9 Å². The maximum atomic E-state index is 6.10. The number of hydrogen-bond acceptors (Lipinski definition) is 2. The molecule has 3 aliphatic rings. The Morgan fingerprint density at radius 1 is 1.29 bits per heavy atom. The van der Waals surface area contributed by atoms with E-state index >= 15 is 0 Å². The Kier molecular flexibility index (Phi) is 1.79. The quantitative estimate of drug-likeness (QED) is 0.692. The zero-order chi connectivity index (χ0) is 11.6. The highest BCUT2D eigenvalue weighted by Crippen LogP contribution is 2.59. The molecule has 0 amide bonds. The van der Waals surface area contributed by atoms with Gasteiger partial charge in [-0.25, -0.2) is 0 Å². The topological polar surface area (TPSA) is 29.3 Å². The van der Waals surface area contributed by atoms with Gasteiger partial charge in [0.25, 0.3) is 0 Å². The third kappa shape index (κ3) is 1.30. The molecule has 1 aromatic rings. The van der Waals surface area contributed by atoms with Gasteiger partial charge >= 0.3 is 0 Å². The molecule has 4 rings (SSSR count). The minimum absolute atomic E-state index is 0.547. The molecule has 0 aromatic heterocycles. The fourth-order valence-corrected chi connectivity index (χ4v) is 4.10. The second kappa shape index (κ2) is 3.05. The maximum Gasteiger partial charge on any atom is 0.0320 e. The van der Waals surface area contributed by atoms with Crippen molar-refractivity contribution < 1.29 is 0 Å². The van der Waals surface area contributed by atoms with E-state index in [-0.39, 0.29) is 0 Å². The average Bonchev–Trinajstić information content (AvgIpc) is 3.03. The molecule has 17 heavy (non-hydrogen) atoms. The summed E-state index contributed by atoms with van der Waals surface area (Å²) in [6, 6.07) is 4.49. The van der Waals surface area contributed by atoms with Crippen LogP contribution in [0.25, 0.3) is 0 Å². The molecule has 1 spiro atoms. The van der Waals surface area contributed by atoms with Crippen molar-refractivity contribution >= 4 is 5.69 Å². The van der Waals surface area contributed by atoms with E-state index in [1.807, 2.05) is 0 Å². The Labute approximate surface area is 103 Å². The van der Waals surface area contributed by atoms with Crippen molar-refractivity contribution in [3.63, 3.8) is 0 Å². The van der Waals surface area contributed by atoms with Crippen molar-refractivity contribution in [2.24, 2.45) is 0 Å². The lowest BCUT2D eigenvalue weighted by Gasteiger charge is -2.40. The summed E-state index contributed by atoms with van der Waals surface area (Å²) in [6.45, 7) is 2.32. The molecular weight excluding hydrogens is 208 g/mol. The Bertz CT molecular complexity index is 488. The van der Waals surface area contributed by atoms with Crippen LogP contribution in [-0.4, -0.2) is 18.5 Å². The first-order valence-corrected chi connectivity index (χ1v) is 6.79. The fourth-order valence-electron chi connectivity index (χ4n) is 4.10. The Balaban J connectivity index is 1.95. The van der Waals surface area contributed by atoms with Crippen LogP contribution < -0.4 is 5.73 Å². The van der Waals surface area contributed by atoms with Crippen LogP contribution in [0.3, 0.4) is 0 Å². The van der Waals surface area contributed by atoms with E-state index in [0.717, 1.165) is 18.2 Å². The van der Waals surface area contributed by atoms with Gasteiger partial charge in [0.1, 0.15) is 0 Å². The molecule has 1 heterocycles. The summed E-state index contributed by atoms with van der Waals surface area (Å²) in [5.41, 5.74) is 12.4. The molecule has 1 fully saturated rings. The van der Waals surface area contributed by atoms with Gasteiger partial charge in [-0.3, -0.25) is 0 Å². The number of nitrogen functional groups attached to an aromatic ring is 1. The van der Waals surface area contributed by atoms with Crippen LogP contribution in [0.4, 0.5) is 5.69 Å². The van der Waals surface area contributed by atoms with Crippen molar-refractivity contribution in [3.05, 3.63) is 28.8 Å². The number of anilines is 1. The number of nitrogens with zero attached hydrogens (tertiary/aromatic N) is 1. The molecule has 1 saturated carbocycles. The standard InChI is InChI=1S/C15H20N2/c1-17-8-10-2-3-15(4-5-15)13-7-12(16)6-11(9-17)14(10)13/h6-7,10H,2-5,8-9,16H2,1H3/t10-/m0/s1. The first-order chi connectivity index (χ1) is 8.18. The summed E-state index contributed by atoms with van der Waals surface area (Å²) < 4.78 is 0. The molecule has 1 aromatic carbocycles. The number of benzene rings is 1. The second-order valence-corrected chi connectivity index (χ2v) is 6.35. The highest BCUT2D eigenvalue weighted by atomic mass is 15.1. The summed E-state index contributed by atoms with van der Waals surface area (Å²) in [4.78, 5) is 2.45. The van der Waals surface area contributed by atoms with Crippen LogP contribution >= 0.6 is 0 Å². The van der Waals surface area contributed by atoms with Crippen LogP contribution in [-0.2, 0) is 12.0 Å². The second-order valence-electron chi connectivity index (χ2n) is 6.35. The van der Waals surface area contributed by atoms with E-state index in [1.165, 1.54) is 37.8 Å². The third-order valence-corrected chi connectivity index (χ3v) is 5.06. The van der Waals surface area contributed by atoms with Crippen molar-refractivity contribution in [3.8, 4) is 0 Å². The fraction of sp³-hybridized carbons (Fsp3) is 0.600. The Hall–Kier alpha value is -1.02. The molecule has 1 atom stereocenters. The van der Waals surface area contributed by atoms with Gasteiger partial charge in [-0.15, -0.1) is 0 Å². The van der Waals surface area contributed by atoms with Gasteiger partial charge in [0, 0.05) is 18.8 Å². The molecule has 0 saturated heterocycles. The highest BCUT2D eigenvalue weighted by Gasteiger charge is 2.49. The molecule has 0 bridgehead atoms. The van der Waals surface area contributed by atoms with E-state index in [9.17, 15) is 0 Å². The minimum atomic E-state index is 0.547. The Morgan fingerprint density at radius 2 is 2.12 bits per heavy atom. The molecule has 2 N–H and O–H groups in total. The van der Waals surface area contributed by atoms with Gasteiger partial charge in [0.2, 0.25) is 0 Å². The van der Waals surface area contributed by atoms with Crippen LogP contribution in [0, 0.1) is 0 Å². The summed E-state index contributed by atoms with van der Waals surface area (Å²) in [5, 5.41) is 0. The average molecular weight is 228 g/mol. The van der Waals surface area contributed by atoms with E-state index in [1.54, 1.807) is 11.1 Å². The Morgan fingerprint density at radius 3 is 2.88 bits per heavy atom. The minimum Gasteiger partial charge on any atom is -0.399 e. The zero-order valence-electron chi connectivity index (χ0n) is 10.5. The lowest BCUT2D eigenvalue weighted by Crippen LogP contribution is -2.35. The molecule has 2 heteroatoms. The van der Waals surface area contributed by atoms with Crippen molar-refractivity contribution in [2.45, 2.75) is 43.6 Å². The number of fused-ring (bicyclic) bond motifs is 1. The largest absolute Gasteiger partial charge is 0.399 e. The first-order valence-electron chi connectivity index (χ1n) is 6.79. The zero-order valence-corrected chi connectivity index (χ0v) is 10.5. The number of hydrogen-bond donors (Lipinski definition) is 1. The van der Waals surface area contributed by atoms with Crippen LogP contribution in [0.15, 0.2) is 12.1 Å².